The minimum atomic E-state index is 0.677. The second-order valence-electron chi connectivity index (χ2n) is 1.92. The predicted molar refractivity (Wildman–Crippen MR) is 48.6 cm³/mol. The molecular weight excluding hydrogens is 164 g/mol. The quantitative estimate of drug-likeness (QED) is 0.757. The normalized spacial score (nSPS) is 10.1. The third-order valence-electron chi connectivity index (χ3n) is 1.13. The van der Waals surface area contributed by atoms with Crippen molar-refractivity contribution in [1.82, 2.24) is 4.98 Å². The first-order valence-electron chi connectivity index (χ1n) is 3.01. The van der Waals surface area contributed by atoms with E-state index in [1.807, 2.05) is 17.1 Å². The Bertz CT molecular complexity index is 197. The number of aryl methyl sites for hydroxylation is 1. The third-order valence-corrected chi connectivity index (χ3v) is 2.47. The maximum atomic E-state index is 5.45. The van der Waals surface area contributed by atoms with Crippen molar-refractivity contribution in [2.75, 3.05) is 17.7 Å². The van der Waals surface area contributed by atoms with Gasteiger partial charge in [0.25, 0.3) is 0 Å². The molecule has 0 atom stereocenters. The number of thioether (sulfide) groups is 1. The molecule has 0 saturated heterocycles. The number of aromatic nitrogens is 1. The average molecular weight is 174 g/mol. The lowest BCUT2D eigenvalue weighted by Crippen LogP contribution is -1.89. The average Bonchev–Trinajstić information content (AvgIpc) is 2.31. The van der Waals surface area contributed by atoms with Crippen molar-refractivity contribution < 1.29 is 0 Å². The molecule has 0 amide bonds. The zero-order valence-corrected chi connectivity index (χ0v) is 7.47. The van der Waals surface area contributed by atoms with Crippen LogP contribution in [0.15, 0.2) is 5.38 Å². The molecule has 1 rings (SSSR count). The van der Waals surface area contributed by atoms with Crippen molar-refractivity contribution in [3.05, 3.63) is 11.1 Å². The lowest BCUT2D eigenvalue weighted by molar-refractivity contribution is 1.08. The van der Waals surface area contributed by atoms with E-state index in [1.165, 1.54) is 11.3 Å². The van der Waals surface area contributed by atoms with Crippen LogP contribution in [0.5, 0.6) is 0 Å². The van der Waals surface area contributed by atoms with Crippen LogP contribution in [-0.2, 0) is 6.42 Å². The van der Waals surface area contributed by atoms with E-state index in [2.05, 4.69) is 11.2 Å². The summed E-state index contributed by atoms with van der Waals surface area (Å²) < 4.78 is 0. The summed E-state index contributed by atoms with van der Waals surface area (Å²) in [5, 5.41) is 2.70. The highest BCUT2D eigenvalue weighted by molar-refractivity contribution is 7.98. The van der Waals surface area contributed by atoms with Gasteiger partial charge >= 0.3 is 0 Å². The molecular formula is C6H10N2S2. The van der Waals surface area contributed by atoms with Crippen LogP contribution >= 0.6 is 23.1 Å². The topological polar surface area (TPSA) is 38.9 Å². The molecule has 0 aliphatic heterocycles. The summed E-state index contributed by atoms with van der Waals surface area (Å²) in [6.45, 7) is 0. The number of rotatable bonds is 3. The summed E-state index contributed by atoms with van der Waals surface area (Å²) in [5.41, 5.74) is 6.57. The Morgan fingerprint density at radius 1 is 1.80 bits per heavy atom. The first kappa shape index (κ1) is 7.88. The molecule has 0 aromatic carbocycles. The third kappa shape index (κ3) is 2.19. The number of hydrogen-bond donors (Lipinski definition) is 1. The zero-order chi connectivity index (χ0) is 7.40. The molecule has 0 spiro atoms. The molecule has 0 aliphatic rings. The molecule has 0 radical (unpaired) electrons. The van der Waals surface area contributed by atoms with Crippen LogP contribution in [0.25, 0.3) is 0 Å². The molecule has 1 heterocycles. The summed E-state index contributed by atoms with van der Waals surface area (Å²) in [6, 6.07) is 0. The zero-order valence-electron chi connectivity index (χ0n) is 5.83. The summed E-state index contributed by atoms with van der Waals surface area (Å²) in [7, 11) is 0. The maximum absolute atomic E-state index is 5.45. The van der Waals surface area contributed by atoms with E-state index in [0.717, 1.165) is 17.9 Å². The van der Waals surface area contributed by atoms with Gasteiger partial charge in [0.15, 0.2) is 5.13 Å². The van der Waals surface area contributed by atoms with E-state index in [1.54, 1.807) is 0 Å². The van der Waals surface area contributed by atoms with E-state index in [-0.39, 0.29) is 0 Å². The van der Waals surface area contributed by atoms with Crippen LogP contribution in [0.1, 0.15) is 5.69 Å². The number of nitrogens with zero attached hydrogens (tertiary/aromatic N) is 1. The molecule has 0 bridgehead atoms. The van der Waals surface area contributed by atoms with Gasteiger partial charge in [-0.2, -0.15) is 11.8 Å². The number of thiazole rings is 1. The standard InChI is InChI=1S/C6H10N2S2/c1-9-3-2-5-4-10-6(7)8-5/h4H,2-3H2,1H3,(H2,7,8). The van der Waals surface area contributed by atoms with Gasteiger partial charge in [-0.1, -0.05) is 0 Å². The maximum Gasteiger partial charge on any atom is 0.180 e. The Kier molecular flexibility index (Phi) is 3.02. The van der Waals surface area contributed by atoms with Crippen molar-refractivity contribution in [2.24, 2.45) is 0 Å². The highest BCUT2D eigenvalue weighted by Gasteiger charge is 1.96. The van der Waals surface area contributed by atoms with E-state index in [4.69, 9.17) is 5.73 Å². The Morgan fingerprint density at radius 2 is 2.60 bits per heavy atom. The van der Waals surface area contributed by atoms with Crippen LogP contribution in [0.3, 0.4) is 0 Å². The van der Waals surface area contributed by atoms with Gasteiger partial charge in [0.1, 0.15) is 0 Å². The fraction of sp³-hybridized carbons (Fsp3) is 0.500. The predicted octanol–water partition coefficient (Wildman–Crippen LogP) is 1.63. The summed E-state index contributed by atoms with van der Waals surface area (Å²) in [5.74, 6) is 1.13. The second kappa shape index (κ2) is 3.83. The van der Waals surface area contributed by atoms with Crippen LogP contribution in [-0.4, -0.2) is 17.0 Å². The van der Waals surface area contributed by atoms with Gasteiger partial charge in [0.05, 0.1) is 5.69 Å². The molecule has 56 valence electrons. The molecule has 0 unspecified atom stereocenters. The monoisotopic (exact) mass is 174 g/mol. The van der Waals surface area contributed by atoms with Crippen molar-refractivity contribution in [3.63, 3.8) is 0 Å². The molecule has 2 N–H and O–H groups in total. The molecule has 0 fully saturated rings. The molecule has 1 aromatic rings. The minimum Gasteiger partial charge on any atom is -0.375 e. The Labute approximate surface area is 68.8 Å². The second-order valence-corrected chi connectivity index (χ2v) is 3.80. The number of nitrogens with two attached hydrogens (primary N) is 1. The van der Waals surface area contributed by atoms with Crippen LogP contribution in [0.4, 0.5) is 5.13 Å². The number of nitrogen functional groups attached to an aromatic ring is 1. The molecule has 10 heavy (non-hydrogen) atoms. The van der Waals surface area contributed by atoms with E-state index in [9.17, 15) is 0 Å². The lowest BCUT2D eigenvalue weighted by atomic mass is 10.4. The Balaban J connectivity index is 2.42. The minimum absolute atomic E-state index is 0.677. The smallest absolute Gasteiger partial charge is 0.180 e. The lowest BCUT2D eigenvalue weighted by Gasteiger charge is -1.90. The van der Waals surface area contributed by atoms with Gasteiger partial charge in [-0.15, -0.1) is 11.3 Å². The first-order valence-corrected chi connectivity index (χ1v) is 5.29. The molecule has 2 nitrogen and oxygen atoms in total. The summed E-state index contributed by atoms with van der Waals surface area (Å²) in [4.78, 5) is 4.13. The van der Waals surface area contributed by atoms with Gasteiger partial charge in [0.2, 0.25) is 0 Å². The van der Waals surface area contributed by atoms with E-state index >= 15 is 0 Å². The van der Waals surface area contributed by atoms with Gasteiger partial charge in [-0.05, 0) is 18.4 Å². The molecule has 0 saturated carbocycles. The Morgan fingerprint density at radius 3 is 3.10 bits per heavy atom. The van der Waals surface area contributed by atoms with Crippen LogP contribution in [0.2, 0.25) is 0 Å². The van der Waals surface area contributed by atoms with Crippen molar-refractivity contribution in [3.8, 4) is 0 Å². The van der Waals surface area contributed by atoms with E-state index < -0.39 is 0 Å². The SMILES string of the molecule is CSCCc1csc(N)n1. The summed E-state index contributed by atoms with van der Waals surface area (Å²) >= 11 is 3.34. The van der Waals surface area contributed by atoms with Crippen molar-refractivity contribution >= 4 is 28.2 Å². The highest BCUT2D eigenvalue weighted by Crippen LogP contribution is 2.12. The van der Waals surface area contributed by atoms with E-state index in [0.29, 0.717) is 5.13 Å². The molecule has 1 aromatic heterocycles. The van der Waals surface area contributed by atoms with Gasteiger partial charge in [-0.3, -0.25) is 0 Å². The van der Waals surface area contributed by atoms with Gasteiger partial charge < -0.3 is 5.73 Å². The Hall–Kier alpha value is -0.220. The van der Waals surface area contributed by atoms with Crippen molar-refractivity contribution in [2.45, 2.75) is 6.42 Å². The van der Waals surface area contributed by atoms with Gasteiger partial charge in [-0.25, -0.2) is 4.98 Å². The van der Waals surface area contributed by atoms with Crippen molar-refractivity contribution in [1.29, 1.82) is 0 Å². The van der Waals surface area contributed by atoms with Gasteiger partial charge in [0, 0.05) is 5.38 Å². The molecule has 0 aliphatic carbocycles. The highest BCUT2D eigenvalue weighted by atomic mass is 32.2. The fourth-order valence-electron chi connectivity index (χ4n) is 0.644. The largest absolute Gasteiger partial charge is 0.375 e. The van der Waals surface area contributed by atoms with Crippen LogP contribution < -0.4 is 5.73 Å². The molecule has 4 heteroatoms. The first-order chi connectivity index (χ1) is 4.83. The fourth-order valence-corrected chi connectivity index (χ4v) is 1.65. The number of hydrogen-bond acceptors (Lipinski definition) is 4. The number of anilines is 1. The summed E-state index contributed by atoms with van der Waals surface area (Å²) in [6.07, 6.45) is 3.13. The van der Waals surface area contributed by atoms with Crippen LogP contribution in [0, 0.1) is 0 Å².